The summed E-state index contributed by atoms with van der Waals surface area (Å²) in [5.74, 6) is 3.43. The minimum Gasteiger partial charge on any atom is -0.493 e. The van der Waals surface area contributed by atoms with Gasteiger partial charge in [-0.05, 0) is 35.9 Å². The Morgan fingerprint density at radius 3 is 2.00 bits per heavy atom. The van der Waals surface area contributed by atoms with E-state index in [2.05, 4.69) is 0 Å². The van der Waals surface area contributed by atoms with Crippen LogP contribution in [0.2, 0.25) is 0 Å². The monoisotopic (exact) mass is 340 g/mol. The van der Waals surface area contributed by atoms with Crippen molar-refractivity contribution >= 4 is 23.1 Å². The Balaban J connectivity index is 1.91. The van der Waals surface area contributed by atoms with Gasteiger partial charge in [-0.1, -0.05) is 12.1 Å². The predicted octanol–water partition coefficient (Wildman–Crippen LogP) is 4.64. The topological polar surface area (TPSA) is 50.1 Å². The molecule has 0 spiro atoms. The van der Waals surface area contributed by atoms with Crippen molar-refractivity contribution in [3.8, 4) is 23.0 Å². The van der Waals surface area contributed by atoms with Gasteiger partial charge in [0.25, 0.3) is 0 Å². The van der Waals surface area contributed by atoms with Crippen LogP contribution in [0, 0.1) is 0 Å². The van der Waals surface area contributed by atoms with Crippen LogP contribution in [-0.4, -0.2) is 28.4 Å². The van der Waals surface area contributed by atoms with Gasteiger partial charge < -0.3 is 23.4 Å². The molecule has 0 radical (unpaired) electrons. The van der Waals surface area contributed by atoms with Crippen LogP contribution >= 0.6 is 0 Å². The lowest BCUT2D eigenvalue weighted by Gasteiger charge is -2.07. The lowest BCUT2D eigenvalue weighted by Crippen LogP contribution is -1.90. The molecule has 0 N–H and O–H groups in total. The number of benzene rings is 2. The first-order valence-electron chi connectivity index (χ1n) is 7.74. The van der Waals surface area contributed by atoms with Gasteiger partial charge in [0.2, 0.25) is 0 Å². The highest BCUT2D eigenvalue weighted by Gasteiger charge is 2.09. The first kappa shape index (κ1) is 16.8. The molecule has 0 bridgehead atoms. The summed E-state index contributed by atoms with van der Waals surface area (Å²) in [5.41, 5.74) is 1.72. The third-order valence-corrected chi connectivity index (χ3v) is 3.89. The molecule has 0 amide bonds. The molecule has 0 aliphatic carbocycles. The van der Waals surface area contributed by atoms with Crippen molar-refractivity contribution in [3.05, 3.63) is 47.7 Å². The van der Waals surface area contributed by atoms with E-state index >= 15 is 0 Å². The third-order valence-electron chi connectivity index (χ3n) is 3.89. The molecule has 0 saturated heterocycles. The molecular weight excluding hydrogens is 320 g/mol. The minimum atomic E-state index is 0.639. The van der Waals surface area contributed by atoms with Crippen LogP contribution in [0.4, 0.5) is 0 Å². The summed E-state index contributed by atoms with van der Waals surface area (Å²) < 4.78 is 27.0. The molecule has 0 aliphatic heterocycles. The van der Waals surface area contributed by atoms with Gasteiger partial charge >= 0.3 is 0 Å². The van der Waals surface area contributed by atoms with Gasteiger partial charge in [0, 0.05) is 11.5 Å². The molecule has 5 nitrogen and oxygen atoms in total. The second-order valence-electron chi connectivity index (χ2n) is 5.34. The fourth-order valence-corrected chi connectivity index (χ4v) is 2.60. The van der Waals surface area contributed by atoms with Crippen molar-refractivity contribution in [2.75, 3.05) is 28.4 Å². The van der Waals surface area contributed by atoms with E-state index in [0.717, 1.165) is 22.3 Å². The minimum absolute atomic E-state index is 0.639. The van der Waals surface area contributed by atoms with Gasteiger partial charge in [-0.15, -0.1) is 0 Å². The highest BCUT2D eigenvalue weighted by Crippen LogP contribution is 2.34. The summed E-state index contributed by atoms with van der Waals surface area (Å²) in [6, 6.07) is 11.4. The maximum atomic E-state index is 5.85. The molecule has 25 heavy (non-hydrogen) atoms. The Labute approximate surface area is 146 Å². The SMILES string of the molecule is COc1ccc(C=Cc2cc3cc(OC)c(OC)cc3o2)cc1OC. The predicted molar refractivity (Wildman–Crippen MR) is 97.8 cm³/mol. The highest BCUT2D eigenvalue weighted by molar-refractivity contribution is 5.85. The first-order valence-corrected chi connectivity index (χ1v) is 7.74. The largest absolute Gasteiger partial charge is 0.493 e. The van der Waals surface area contributed by atoms with Crippen LogP contribution in [0.15, 0.2) is 40.8 Å². The van der Waals surface area contributed by atoms with Crippen LogP contribution in [-0.2, 0) is 0 Å². The zero-order valence-electron chi connectivity index (χ0n) is 14.7. The maximum Gasteiger partial charge on any atom is 0.164 e. The second-order valence-corrected chi connectivity index (χ2v) is 5.34. The van der Waals surface area contributed by atoms with Crippen LogP contribution < -0.4 is 18.9 Å². The van der Waals surface area contributed by atoms with E-state index in [-0.39, 0.29) is 0 Å². The third kappa shape index (κ3) is 3.40. The van der Waals surface area contributed by atoms with Crippen molar-refractivity contribution in [2.45, 2.75) is 0 Å². The quantitative estimate of drug-likeness (QED) is 0.654. The maximum absolute atomic E-state index is 5.85. The zero-order chi connectivity index (χ0) is 17.8. The summed E-state index contributed by atoms with van der Waals surface area (Å²) in [7, 11) is 6.45. The molecule has 130 valence electrons. The number of ether oxygens (including phenoxy) is 4. The van der Waals surface area contributed by atoms with Crippen LogP contribution in [0.25, 0.3) is 23.1 Å². The molecular formula is C20H20O5. The smallest absolute Gasteiger partial charge is 0.164 e. The second kappa shape index (κ2) is 7.21. The Bertz CT molecular complexity index is 867. The van der Waals surface area contributed by atoms with Crippen LogP contribution in [0.1, 0.15) is 11.3 Å². The van der Waals surface area contributed by atoms with Crippen molar-refractivity contribution in [3.63, 3.8) is 0 Å². The first-order chi connectivity index (χ1) is 12.2. The Hall–Kier alpha value is -3.08. The van der Waals surface area contributed by atoms with Crippen molar-refractivity contribution < 1.29 is 23.4 Å². The molecule has 0 unspecified atom stereocenters. The molecule has 0 aliphatic rings. The molecule has 0 saturated carbocycles. The van der Waals surface area contributed by atoms with Crippen molar-refractivity contribution in [1.29, 1.82) is 0 Å². The number of fused-ring (bicyclic) bond motifs is 1. The van der Waals surface area contributed by atoms with Gasteiger partial charge in [0.05, 0.1) is 28.4 Å². The molecule has 1 aromatic heterocycles. The van der Waals surface area contributed by atoms with Gasteiger partial charge in [0.1, 0.15) is 11.3 Å². The van der Waals surface area contributed by atoms with Crippen LogP contribution in [0.5, 0.6) is 23.0 Å². The average molecular weight is 340 g/mol. The molecule has 3 rings (SSSR count). The summed E-state index contributed by atoms with van der Waals surface area (Å²) >= 11 is 0. The van der Waals surface area contributed by atoms with Gasteiger partial charge in [0.15, 0.2) is 23.0 Å². The van der Waals surface area contributed by atoms with E-state index in [9.17, 15) is 0 Å². The van der Waals surface area contributed by atoms with E-state index in [1.807, 2.05) is 48.6 Å². The van der Waals surface area contributed by atoms with E-state index in [1.54, 1.807) is 28.4 Å². The van der Waals surface area contributed by atoms with E-state index in [0.29, 0.717) is 23.0 Å². The normalized spacial score (nSPS) is 11.0. The van der Waals surface area contributed by atoms with Crippen molar-refractivity contribution in [2.24, 2.45) is 0 Å². The van der Waals surface area contributed by atoms with E-state index in [1.165, 1.54) is 0 Å². The summed E-state index contributed by atoms with van der Waals surface area (Å²) in [4.78, 5) is 0. The Morgan fingerprint density at radius 1 is 0.680 bits per heavy atom. The summed E-state index contributed by atoms with van der Waals surface area (Å²) in [6.45, 7) is 0. The number of hydrogen-bond acceptors (Lipinski definition) is 5. The van der Waals surface area contributed by atoms with Crippen LogP contribution in [0.3, 0.4) is 0 Å². The summed E-state index contributed by atoms with van der Waals surface area (Å²) in [6.07, 6.45) is 3.86. The van der Waals surface area contributed by atoms with Gasteiger partial charge in [-0.3, -0.25) is 0 Å². The average Bonchev–Trinajstić information content (AvgIpc) is 3.06. The highest BCUT2D eigenvalue weighted by atomic mass is 16.5. The zero-order valence-corrected chi connectivity index (χ0v) is 14.7. The molecule has 0 atom stereocenters. The number of rotatable bonds is 6. The molecule has 1 heterocycles. The molecule has 0 fully saturated rings. The van der Waals surface area contributed by atoms with Gasteiger partial charge in [-0.25, -0.2) is 0 Å². The fourth-order valence-electron chi connectivity index (χ4n) is 2.60. The Kier molecular flexibility index (Phi) is 4.84. The summed E-state index contributed by atoms with van der Waals surface area (Å²) in [5, 5.41) is 0.949. The molecule has 5 heteroatoms. The van der Waals surface area contributed by atoms with E-state index in [4.69, 9.17) is 23.4 Å². The lowest BCUT2D eigenvalue weighted by atomic mass is 10.1. The molecule has 2 aromatic carbocycles. The van der Waals surface area contributed by atoms with Crippen molar-refractivity contribution in [1.82, 2.24) is 0 Å². The lowest BCUT2D eigenvalue weighted by molar-refractivity contribution is 0.355. The Morgan fingerprint density at radius 2 is 1.32 bits per heavy atom. The van der Waals surface area contributed by atoms with Gasteiger partial charge in [-0.2, -0.15) is 0 Å². The number of methoxy groups -OCH3 is 4. The van der Waals surface area contributed by atoms with E-state index < -0.39 is 0 Å². The standard InChI is InChI=1S/C20H20O5/c1-21-16-8-6-13(9-18(16)22-2)5-7-15-10-14-11-19(23-3)20(24-4)12-17(14)25-15/h5-12H,1-4H3. The fraction of sp³-hybridized carbons (Fsp3) is 0.200. The molecule has 3 aromatic rings. The number of hydrogen-bond donors (Lipinski definition) is 0. The number of furan rings is 1.